The summed E-state index contributed by atoms with van der Waals surface area (Å²) < 4.78 is 6.09. The Hall–Kier alpha value is -2.80. The largest absolute Gasteiger partial charge is 0.496 e. The van der Waals surface area contributed by atoms with E-state index < -0.39 is 0 Å². The first-order chi connectivity index (χ1) is 13.4. The third-order valence-corrected chi connectivity index (χ3v) is 5.57. The molecule has 0 aliphatic heterocycles. The molecule has 0 saturated heterocycles. The highest BCUT2D eigenvalue weighted by molar-refractivity contribution is 5.91. The Labute approximate surface area is 168 Å². The van der Waals surface area contributed by atoms with Crippen LogP contribution in [-0.4, -0.2) is 7.11 Å². The molecule has 3 aromatic rings. The van der Waals surface area contributed by atoms with Gasteiger partial charge in [-0.05, 0) is 52.6 Å². The van der Waals surface area contributed by atoms with E-state index in [0.717, 1.165) is 12.2 Å². The summed E-state index contributed by atoms with van der Waals surface area (Å²) in [5.41, 5.74) is 10.4. The van der Waals surface area contributed by atoms with Gasteiger partial charge in [0.2, 0.25) is 0 Å². The quantitative estimate of drug-likeness (QED) is 0.472. The van der Waals surface area contributed by atoms with Crippen LogP contribution in [0.15, 0.2) is 66.2 Å². The number of ether oxygens (including phenoxy) is 1. The molecular weight excluding hydrogens is 340 g/mol. The molecule has 1 aliphatic carbocycles. The van der Waals surface area contributed by atoms with E-state index in [1.54, 1.807) is 7.11 Å². The zero-order valence-corrected chi connectivity index (χ0v) is 17.5. The number of rotatable bonds is 3. The summed E-state index contributed by atoms with van der Waals surface area (Å²) in [7, 11) is 1.81. The summed E-state index contributed by atoms with van der Waals surface area (Å²) in [6, 6.07) is 21.7. The lowest BCUT2D eigenvalue weighted by molar-refractivity contribution is 0.399. The van der Waals surface area contributed by atoms with Gasteiger partial charge in [0.25, 0.3) is 0 Å². The Bertz CT molecular complexity index is 1050. The van der Waals surface area contributed by atoms with E-state index >= 15 is 0 Å². The van der Waals surface area contributed by atoms with Crippen LogP contribution in [0.25, 0.3) is 28.3 Å². The minimum absolute atomic E-state index is 0.00114. The van der Waals surface area contributed by atoms with Crippen LogP contribution in [0.1, 0.15) is 44.4 Å². The third kappa shape index (κ3) is 3.16. The van der Waals surface area contributed by atoms with Gasteiger partial charge in [-0.15, -0.1) is 0 Å². The molecule has 4 rings (SSSR count). The Balaban J connectivity index is 2.07. The Morgan fingerprint density at radius 2 is 1.50 bits per heavy atom. The van der Waals surface area contributed by atoms with E-state index in [-0.39, 0.29) is 5.41 Å². The van der Waals surface area contributed by atoms with Crippen LogP contribution >= 0.6 is 0 Å². The predicted molar refractivity (Wildman–Crippen MR) is 120 cm³/mol. The van der Waals surface area contributed by atoms with Crippen LogP contribution in [0.5, 0.6) is 5.75 Å². The van der Waals surface area contributed by atoms with E-state index in [2.05, 4.69) is 94.4 Å². The molecule has 1 aliphatic rings. The highest BCUT2D eigenvalue weighted by Gasteiger charge is 2.28. The fraction of sp³-hybridized carbons (Fsp3) is 0.259. The molecule has 1 nitrogen and oxygen atoms in total. The predicted octanol–water partition coefficient (Wildman–Crippen LogP) is 7.29. The summed E-state index contributed by atoms with van der Waals surface area (Å²) >= 11 is 0. The highest BCUT2D eigenvalue weighted by atomic mass is 16.5. The lowest BCUT2D eigenvalue weighted by Gasteiger charge is -2.27. The van der Waals surface area contributed by atoms with Gasteiger partial charge < -0.3 is 4.74 Å². The van der Waals surface area contributed by atoms with Crippen molar-refractivity contribution in [2.45, 2.75) is 39.5 Å². The van der Waals surface area contributed by atoms with Crippen molar-refractivity contribution in [1.29, 1.82) is 0 Å². The minimum Gasteiger partial charge on any atom is -0.496 e. The molecular formula is C27H28O. The van der Waals surface area contributed by atoms with E-state index in [1.807, 2.05) is 0 Å². The Morgan fingerprint density at radius 3 is 2.14 bits per heavy atom. The molecule has 0 N–H and O–H groups in total. The molecule has 0 atom stereocenters. The molecule has 142 valence electrons. The van der Waals surface area contributed by atoms with Gasteiger partial charge in [-0.3, -0.25) is 0 Å². The molecule has 0 aromatic heterocycles. The van der Waals surface area contributed by atoms with E-state index in [0.29, 0.717) is 0 Å². The number of hydrogen-bond donors (Lipinski definition) is 0. The summed E-state index contributed by atoms with van der Waals surface area (Å²) in [5, 5.41) is 0. The summed E-state index contributed by atoms with van der Waals surface area (Å²) in [6.07, 6.45) is 3.31. The maximum absolute atomic E-state index is 6.09. The SMILES string of the molecule is COc1c(C(C)(C)C)cc2c(c1-c1ccccc1-c1ccccc1)CC(C)=C2. The average molecular weight is 369 g/mol. The van der Waals surface area contributed by atoms with Gasteiger partial charge >= 0.3 is 0 Å². The topological polar surface area (TPSA) is 9.23 Å². The second kappa shape index (κ2) is 6.98. The van der Waals surface area contributed by atoms with Crippen LogP contribution < -0.4 is 4.74 Å². The molecule has 0 bridgehead atoms. The van der Waals surface area contributed by atoms with Crippen LogP contribution in [0.4, 0.5) is 0 Å². The van der Waals surface area contributed by atoms with Gasteiger partial charge in [-0.25, -0.2) is 0 Å². The normalized spacial score (nSPS) is 13.2. The fourth-order valence-electron chi connectivity index (χ4n) is 4.26. The maximum Gasteiger partial charge on any atom is 0.130 e. The average Bonchev–Trinajstić information content (AvgIpc) is 3.06. The maximum atomic E-state index is 6.09. The van der Waals surface area contributed by atoms with Crippen LogP contribution in [-0.2, 0) is 11.8 Å². The van der Waals surface area contributed by atoms with E-state index in [4.69, 9.17) is 4.74 Å². The first kappa shape index (κ1) is 18.6. The third-order valence-electron chi connectivity index (χ3n) is 5.57. The lowest BCUT2D eigenvalue weighted by atomic mass is 9.80. The monoisotopic (exact) mass is 368 g/mol. The van der Waals surface area contributed by atoms with Gasteiger partial charge in [0, 0.05) is 11.1 Å². The zero-order chi connectivity index (χ0) is 19.9. The van der Waals surface area contributed by atoms with Crippen molar-refractivity contribution in [2.75, 3.05) is 7.11 Å². The molecule has 3 aromatic carbocycles. The summed E-state index contributed by atoms with van der Waals surface area (Å²) in [6.45, 7) is 9.00. The molecule has 0 heterocycles. The van der Waals surface area contributed by atoms with Crippen molar-refractivity contribution < 1.29 is 4.74 Å². The van der Waals surface area contributed by atoms with Crippen molar-refractivity contribution in [3.05, 3.63) is 82.9 Å². The number of benzene rings is 3. The van der Waals surface area contributed by atoms with E-state index in [1.165, 1.54) is 44.5 Å². The number of allylic oxidation sites excluding steroid dienone is 1. The molecule has 1 heteroatoms. The van der Waals surface area contributed by atoms with E-state index in [9.17, 15) is 0 Å². The minimum atomic E-state index is 0.00114. The van der Waals surface area contributed by atoms with Crippen LogP contribution in [0, 0.1) is 0 Å². The standard InChI is InChI=1S/C27H28O/c1-18-15-20-17-24(27(2,3)4)26(28-5)25(23(20)16-18)22-14-10-9-13-21(22)19-11-7-6-8-12-19/h6-15,17H,16H2,1-5H3. The zero-order valence-electron chi connectivity index (χ0n) is 17.5. The Morgan fingerprint density at radius 1 is 0.857 bits per heavy atom. The van der Waals surface area contributed by atoms with Crippen LogP contribution in [0.2, 0.25) is 0 Å². The number of fused-ring (bicyclic) bond motifs is 1. The Kier molecular flexibility index (Phi) is 4.63. The number of hydrogen-bond acceptors (Lipinski definition) is 1. The second-order valence-electron chi connectivity index (χ2n) is 8.73. The molecule has 0 radical (unpaired) electrons. The smallest absolute Gasteiger partial charge is 0.130 e. The molecule has 0 spiro atoms. The first-order valence-corrected chi connectivity index (χ1v) is 9.96. The van der Waals surface area contributed by atoms with Crippen molar-refractivity contribution in [1.82, 2.24) is 0 Å². The van der Waals surface area contributed by atoms with Gasteiger partial charge in [0.05, 0.1) is 7.11 Å². The van der Waals surface area contributed by atoms with Gasteiger partial charge in [0.15, 0.2) is 0 Å². The molecule has 0 unspecified atom stereocenters. The molecule has 0 amide bonds. The summed E-state index contributed by atoms with van der Waals surface area (Å²) in [4.78, 5) is 0. The first-order valence-electron chi connectivity index (χ1n) is 9.96. The van der Waals surface area contributed by atoms with Crippen LogP contribution in [0.3, 0.4) is 0 Å². The number of methoxy groups -OCH3 is 1. The second-order valence-corrected chi connectivity index (χ2v) is 8.73. The van der Waals surface area contributed by atoms with Gasteiger partial charge in [-0.2, -0.15) is 0 Å². The van der Waals surface area contributed by atoms with Crippen molar-refractivity contribution >= 4 is 6.08 Å². The van der Waals surface area contributed by atoms with Crippen molar-refractivity contribution in [3.63, 3.8) is 0 Å². The van der Waals surface area contributed by atoms with Crippen molar-refractivity contribution in [3.8, 4) is 28.0 Å². The fourth-order valence-corrected chi connectivity index (χ4v) is 4.26. The molecule has 0 saturated carbocycles. The lowest BCUT2D eigenvalue weighted by Crippen LogP contribution is -2.14. The van der Waals surface area contributed by atoms with Gasteiger partial charge in [-0.1, -0.05) is 87.0 Å². The molecule has 28 heavy (non-hydrogen) atoms. The highest BCUT2D eigenvalue weighted by Crippen LogP contribution is 2.48. The van der Waals surface area contributed by atoms with Crippen molar-refractivity contribution in [2.24, 2.45) is 0 Å². The van der Waals surface area contributed by atoms with Gasteiger partial charge in [0.1, 0.15) is 5.75 Å². The molecule has 0 fully saturated rings. The summed E-state index contributed by atoms with van der Waals surface area (Å²) in [5.74, 6) is 1.01.